The van der Waals surface area contributed by atoms with E-state index in [0.29, 0.717) is 0 Å². The first-order valence-electron chi connectivity index (χ1n) is 7.57. The van der Waals surface area contributed by atoms with Crippen molar-refractivity contribution < 1.29 is 0 Å². The molecule has 0 aromatic heterocycles. The van der Waals surface area contributed by atoms with Crippen molar-refractivity contribution in [3.8, 4) is 0 Å². The third-order valence-electron chi connectivity index (χ3n) is 3.47. The standard InChI is InChI=1S/C15H33N.ClH/c1-4-7-8-9-10-11-12-13-14-15-16(5-2)6-3;/h4-15H2,1-3H3;1H. The molecule has 17 heavy (non-hydrogen) atoms. The zero-order chi connectivity index (χ0) is 12.1. The minimum Gasteiger partial charge on any atom is -0.304 e. The Balaban J connectivity index is 0. The van der Waals surface area contributed by atoms with Crippen LogP contribution in [-0.4, -0.2) is 24.5 Å². The molecule has 0 aromatic rings. The van der Waals surface area contributed by atoms with Crippen LogP contribution in [0.25, 0.3) is 0 Å². The van der Waals surface area contributed by atoms with Gasteiger partial charge in [0.15, 0.2) is 0 Å². The summed E-state index contributed by atoms with van der Waals surface area (Å²) in [6, 6.07) is 0. The van der Waals surface area contributed by atoms with Crippen LogP contribution in [0.15, 0.2) is 0 Å². The van der Waals surface area contributed by atoms with E-state index in [4.69, 9.17) is 0 Å². The molecule has 0 N–H and O–H groups in total. The molecular weight excluding hydrogens is 230 g/mol. The molecule has 0 saturated carbocycles. The molecule has 0 amide bonds. The maximum atomic E-state index is 2.53. The molecule has 0 aliphatic rings. The molecule has 0 heterocycles. The van der Waals surface area contributed by atoms with Crippen molar-refractivity contribution in [1.29, 1.82) is 0 Å². The van der Waals surface area contributed by atoms with Gasteiger partial charge in [-0.2, -0.15) is 0 Å². The van der Waals surface area contributed by atoms with Gasteiger partial charge in [0.25, 0.3) is 0 Å². The Morgan fingerprint density at radius 1 is 0.588 bits per heavy atom. The SMILES string of the molecule is CCCCCCCCCCCN(CC)CC.Cl. The molecule has 1 nitrogen and oxygen atoms in total. The summed E-state index contributed by atoms with van der Waals surface area (Å²) in [6.07, 6.45) is 12.9. The first-order chi connectivity index (χ1) is 7.85. The molecule has 0 aliphatic carbocycles. The van der Waals surface area contributed by atoms with Gasteiger partial charge in [0.1, 0.15) is 0 Å². The molecule has 106 valence electrons. The van der Waals surface area contributed by atoms with Crippen LogP contribution in [0.4, 0.5) is 0 Å². The molecule has 0 spiro atoms. The van der Waals surface area contributed by atoms with Crippen LogP contribution in [0.1, 0.15) is 78.6 Å². The van der Waals surface area contributed by atoms with Crippen molar-refractivity contribution in [2.45, 2.75) is 78.6 Å². The number of unbranched alkanes of at least 4 members (excludes halogenated alkanes) is 8. The van der Waals surface area contributed by atoms with Gasteiger partial charge < -0.3 is 4.90 Å². The highest BCUT2D eigenvalue weighted by molar-refractivity contribution is 5.85. The van der Waals surface area contributed by atoms with Gasteiger partial charge in [-0.15, -0.1) is 12.4 Å². The Morgan fingerprint density at radius 3 is 1.41 bits per heavy atom. The van der Waals surface area contributed by atoms with Crippen LogP contribution in [0.2, 0.25) is 0 Å². The quantitative estimate of drug-likeness (QED) is 0.433. The topological polar surface area (TPSA) is 3.24 Å². The van der Waals surface area contributed by atoms with E-state index in [-0.39, 0.29) is 12.4 Å². The molecular formula is C15H34ClN. The Kier molecular flexibility index (Phi) is 18.7. The predicted octanol–water partition coefficient (Wildman–Crippen LogP) is 5.28. The van der Waals surface area contributed by atoms with Crippen LogP contribution in [0, 0.1) is 0 Å². The Hall–Kier alpha value is 0.250. The highest BCUT2D eigenvalue weighted by Gasteiger charge is 1.97. The summed E-state index contributed by atoms with van der Waals surface area (Å²) in [4.78, 5) is 2.53. The minimum atomic E-state index is 0. The lowest BCUT2D eigenvalue weighted by molar-refractivity contribution is 0.295. The summed E-state index contributed by atoms with van der Waals surface area (Å²) >= 11 is 0. The first kappa shape index (κ1) is 19.6. The zero-order valence-corrected chi connectivity index (χ0v) is 13.2. The molecule has 0 saturated heterocycles. The van der Waals surface area contributed by atoms with E-state index in [1.165, 1.54) is 77.4 Å². The summed E-state index contributed by atoms with van der Waals surface area (Å²) < 4.78 is 0. The maximum Gasteiger partial charge on any atom is -0.00190 e. The summed E-state index contributed by atoms with van der Waals surface area (Å²) in [5.74, 6) is 0. The van der Waals surface area contributed by atoms with E-state index < -0.39 is 0 Å². The van der Waals surface area contributed by atoms with Crippen molar-refractivity contribution in [2.24, 2.45) is 0 Å². The molecule has 0 aliphatic heterocycles. The summed E-state index contributed by atoms with van der Waals surface area (Å²) in [6.45, 7) is 10.5. The van der Waals surface area contributed by atoms with Crippen LogP contribution >= 0.6 is 12.4 Å². The van der Waals surface area contributed by atoms with Crippen LogP contribution in [0.5, 0.6) is 0 Å². The van der Waals surface area contributed by atoms with E-state index in [1.54, 1.807) is 0 Å². The van der Waals surface area contributed by atoms with E-state index in [2.05, 4.69) is 25.7 Å². The van der Waals surface area contributed by atoms with Gasteiger partial charge >= 0.3 is 0 Å². The Labute approximate surface area is 116 Å². The van der Waals surface area contributed by atoms with Crippen LogP contribution in [0.3, 0.4) is 0 Å². The number of halogens is 1. The lowest BCUT2D eigenvalue weighted by Crippen LogP contribution is -2.23. The lowest BCUT2D eigenvalue weighted by Gasteiger charge is -2.17. The summed E-state index contributed by atoms with van der Waals surface area (Å²) in [7, 11) is 0. The summed E-state index contributed by atoms with van der Waals surface area (Å²) in [5.41, 5.74) is 0. The third kappa shape index (κ3) is 14.2. The maximum absolute atomic E-state index is 2.53. The fraction of sp³-hybridized carbons (Fsp3) is 1.00. The highest BCUT2D eigenvalue weighted by Crippen LogP contribution is 2.09. The number of nitrogens with zero attached hydrogens (tertiary/aromatic N) is 1. The lowest BCUT2D eigenvalue weighted by atomic mass is 10.1. The van der Waals surface area contributed by atoms with Gasteiger partial charge in [0.05, 0.1) is 0 Å². The van der Waals surface area contributed by atoms with Gasteiger partial charge in [-0.1, -0.05) is 72.1 Å². The predicted molar refractivity (Wildman–Crippen MR) is 82.3 cm³/mol. The van der Waals surface area contributed by atoms with E-state index in [9.17, 15) is 0 Å². The first-order valence-corrected chi connectivity index (χ1v) is 7.57. The molecule has 0 radical (unpaired) electrons. The van der Waals surface area contributed by atoms with E-state index >= 15 is 0 Å². The number of hydrogen-bond acceptors (Lipinski definition) is 1. The Bertz CT molecular complexity index is 124. The largest absolute Gasteiger partial charge is 0.304 e. The van der Waals surface area contributed by atoms with Gasteiger partial charge in [-0.3, -0.25) is 0 Å². The Morgan fingerprint density at radius 2 is 1.00 bits per heavy atom. The van der Waals surface area contributed by atoms with Crippen molar-refractivity contribution in [2.75, 3.05) is 19.6 Å². The van der Waals surface area contributed by atoms with Gasteiger partial charge in [-0.25, -0.2) is 0 Å². The molecule has 0 fully saturated rings. The second-order valence-electron chi connectivity index (χ2n) is 4.86. The monoisotopic (exact) mass is 263 g/mol. The van der Waals surface area contributed by atoms with Gasteiger partial charge in [0.2, 0.25) is 0 Å². The molecule has 2 heteroatoms. The minimum absolute atomic E-state index is 0. The van der Waals surface area contributed by atoms with Crippen molar-refractivity contribution >= 4 is 12.4 Å². The number of hydrogen-bond donors (Lipinski definition) is 0. The molecule has 0 aromatic carbocycles. The smallest absolute Gasteiger partial charge is 0.00190 e. The van der Waals surface area contributed by atoms with Crippen LogP contribution in [-0.2, 0) is 0 Å². The fourth-order valence-corrected chi connectivity index (χ4v) is 2.19. The van der Waals surface area contributed by atoms with Crippen molar-refractivity contribution in [1.82, 2.24) is 4.90 Å². The van der Waals surface area contributed by atoms with E-state index in [1.807, 2.05) is 0 Å². The second-order valence-corrected chi connectivity index (χ2v) is 4.86. The third-order valence-corrected chi connectivity index (χ3v) is 3.47. The molecule has 0 unspecified atom stereocenters. The average Bonchev–Trinajstić information content (AvgIpc) is 2.32. The normalized spacial score (nSPS) is 10.6. The summed E-state index contributed by atoms with van der Waals surface area (Å²) in [5, 5.41) is 0. The molecule has 0 atom stereocenters. The highest BCUT2D eigenvalue weighted by atomic mass is 35.5. The van der Waals surface area contributed by atoms with Crippen molar-refractivity contribution in [3.63, 3.8) is 0 Å². The van der Waals surface area contributed by atoms with E-state index in [0.717, 1.165) is 0 Å². The van der Waals surface area contributed by atoms with Gasteiger partial charge in [0, 0.05) is 0 Å². The molecule has 0 bridgehead atoms. The van der Waals surface area contributed by atoms with Gasteiger partial charge in [-0.05, 0) is 26.1 Å². The van der Waals surface area contributed by atoms with Crippen molar-refractivity contribution in [3.05, 3.63) is 0 Å². The average molecular weight is 264 g/mol. The zero-order valence-electron chi connectivity index (χ0n) is 12.3. The fourth-order valence-electron chi connectivity index (χ4n) is 2.19. The second kappa shape index (κ2) is 16.2. The van der Waals surface area contributed by atoms with Crippen LogP contribution < -0.4 is 0 Å². The molecule has 0 rings (SSSR count). The number of rotatable bonds is 12.